The van der Waals surface area contributed by atoms with Crippen LogP contribution in [0, 0.1) is 0 Å². The molecular formula is C27H35N3O5. The summed E-state index contributed by atoms with van der Waals surface area (Å²) in [7, 11) is 1.62. The van der Waals surface area contributed by atoms with Crippen molar-refractivity contribution in [2.75, 3.05) is 43.5 Å². The molecule has 2 amide bonds. The molecule has 35 heavy (non-hydrogen) atoms. The summed E-state index contributed by atoms with van der Waals surface area (Å²) in [6.07, 6.45) is 3.98. The summed E-state index contributed by atoms with van der Waals surface area (Å²) in [4.78, 5) is 28.3. The van der Waals surface area contributed by atoms with Crippen LogP contribution in [0.2, 0.25) is 0 Å². The number of methoxy groups -OCH3 is 1. The smallest absolute Gasteiger partial charge is 0.414 e. The van der Waals surface area contributed by atoms with Gasteiger partial charge in [0.2, 0.25) is 5.91 Å². The molecule has 0 bridgehead atoms. The highest BCUT2D eigenvalue weighted by atomic mass is 16.6. The fourth-order valence-electron chi connectivity index (χ4n) is 4.46. The Morgan fingerprint density at radius 3 is 2.40 bits per heavy atom. The Labute approximate surface area is 207 Å². The van der Waals surface area contributed by atoms with Crippen LogP contribution in [0.4, 0.5) is 16.2 Å². The van der Waals surface area contributed by atoms with Gasteiger partial charge in [0.15, 0.2) is 0 Å². The molecule has 1 N–H and O–H groups in total. The Kier molecular flexibility index (Phi) is 8.47. The monoisotopic (exact) mass is 481 g/mol. The van der Waals surface area contributed by atoms with E-state index in [1.807, 2.05) is 48.5 Å². The molecule has 0 radical (unpaired) electrons. The zero-order chi connectivity index (χ0) is 24.6. The van der Waals surface area contributed by atoms with E-state index in [1.165, 1.54) is 0 Å². The number of hydrogen-bond donors (Lipinski definition) is 1. The Bertz CT molecular complexity index is 971. The van der Waals surface area contributed by atoms with E-state index in [0.717, 1.165) is 68.2 Å². The molecule has 0 saturated carbocycles. The van der Waals surface area contributed by atoms with Crippen LogP contribution < -0.4 is 19.7 Å². The number of amides is 2. The number of hydrogen-bond acceptors (Lipinski definition) is 6. The third-order valence-corrected chi connectivity index (χ3v) is 6.45. The molecule has 1 atom stereocenters. The van der Waals surface area contributed by atoms with Crippen LogP contribution in [-0.4, -0.2) is 62.4 Å². The SMILES string of the molecule is CCCCC(=O)Nc1ccc(OC2CCN(C[C@H]3CN(c4ccc(OC)cc4)C(=O)O3)CC2)cc1. The summed E-state index contributed by atoms with van der Waals surface area (Å²) in [6, 6.07) is 15.0. The number of carbonyl (C=O) groups is 2. The lowest BCUT2D eigenvalue weighted by molar-refractivity contribution is -0.116. The molecule has 2 fully saturated rings. The van der Waals surface area contributed by atoms with E-state index in [4.69, 9.17) is 14.2 Å². The molecule has 2 heterocycles. The van der Waals surface area contributed by atoms with Crippen molar-refractivity contribution in [3.63, 3.8) is 0 Å². The number of cyclic esters (lactones) is 1. The number of carbonyl (C=O) groups excluding carboxylic acids is 2. The number of likely N-dealkylation sites (tertiary alicyclic amines) is 1. The maximum absolute atomic E-state index is 12.4. The van der Waals surface area contributed by atoms with Gasteiger partial charge < -0.3 is 19.5 Å². The quantitative estimate of drug-likeness (QED) is 0.530. The summed E-state index contributed by atoms with van der Waals surface area (Å²) in [6.45, 7) is 5.13. The fourth-order valence-corrected chi connectivity index (χ4v) is 4.46. The van der Waals surface area contributed by atoms with Crippen LogP contribution in [0.5, 0.6) is 11.5 Å². The van der Waals surface area contributed by atoms with Crippen molar-refractivity contribution < 1.29 is 23.8 Å². The van der Waals surface area contributed by atoms with Crippen molar-refractivity contribution in [1.82, 2.24) is 4.90 Å². The van der Waals surface area contributed by atoms with Gasteiger partial charge in [0.1, 0.15) is 23.7 Å². The zero-order valence-corrected chi connectivity index (χ0v) is 20.6. The lowest BCUT2D eigenvalue weighted by Gasteiger charge is -2.33. The maximum Gasteiger partial charge on any atom is 0.414 e. The van der Waals surface area contributed by atoms with Gasteiger partial charge in [-0.15, -0.1) is 0 Å². The molecule has 2 aliphatic heterocycles. The number of anilines is 2. The lowest BCUT2D eigenvalue weighted by Crippen LogP contribution is -2.42. The minimum Gasteiger partial charge on any atom is -0.497 e. The second-order valence-corrected chi connectivity index (χ2v) is 9.11. The van der Waals surface area contributed by atoms with E-state index in [0.29, 0.717) is 13.0 Å². The predicted molar refractivity (Wildman–Crippen MR) is 135 cm³/mol. The maximum atomic E-state index is 12.4. The zero-order valence-electron chi connectivity index (χ0n) is 20.6. The standard InChI is InChI=1S/C27H35N3O5/c1-3-4-5-26(31)28-20-6-10-23(11-7-20)34-24-14-16-29(17-15-24)18-25-19-30(27(32)35-25)21-8-12-22(33-2)13-9-21/h6-13,24-25H,3-5,14-19H2,1-2H3,(H,28,31)/t25-/m0/s1. The highest BCUT2D eigenvalue weighted by Gasteiger charge is 2.34. The van der Waals surface area contributed by atoms with Crippen LogP contribution in [0.15, 0.2) is 48.5 Å². The first-order chi connectivity index (χ1) is 17.0. The Morgan fingerprint density at radius 1 is 1.06 bits per heavy atom. The topological polar surface area (TPSA) is 80.3 Å². The van der Waals surface area contributed by atoms with Crippen LogP contribution >= 0.6 is 0 Å². The minimum atomic E-state index is -0.302. The van der Waals surface area contributed by atoms with Gasteiger partial charge >= 0.3 is 6.09 Å². The summed E-state index contributed by atoms with van der Waals surface area (Å²) in [5.41, 5.74) is 1.61. The predicted octanol–water partition coefficient (Wildman–Crippen LogP) is 4.69. The summed E-state index contributed by atoms with van der Waals surface area (Å²) in [5.74, 6) is 1.62. The van der Waals surface area contributed by atoms with Gasteiger partial charge in [-0.1, -0.05) is 13.3 Å². The summed E-state index contributed by atoms with van der Waals surface area (Å²) < 4.78 is 17.0. The van der Waals surface area contributed by atoms with E-state index >= 15 is 0 Å². The third-order valence-electron chi connectivity index (χ3n) is 6.45. The molecule has 4 rings (SSSR count). The van der Waals surface area contributed by atoms with Crippen molar-refractivity contribution in [1.29, 1.82) is 0 Å². The van der Waals surface area contributed by atoms with Gasteiger partial charge in [0, 0.05) is 37.4 Å². The molecule has 2 aromatic carbocycles. The van der Waals surface area contributed by atoms with Crippen molar-refractivity contribution in [3.8, 4) is 11.5 Å². The average molecular weight is 482 g/mol. The molecule has 2 saturated heterocycles. The average Bonchev–Trinajstić information content (AvgIpc) is 3.25. The summed E-state index contributed by atoms with van der Waals surface area (Å²) in [5, 5.41) is 2.92. The third kappa shape index (κ3) is 6.88. The van der Waals surface area contributed by atoms with Crippen molar-refractivity contribution in [3.05, 3.63) is 48.5 Å². The first-order valence-corrected chi connectivity index (χ1v) is 12.4. The number of ether oxygens (including phenoxy) is 3. The van der Waals surface area contributed by atoms with Gasteiger partial charge in [-0.05, 0) is 67.8 Å². The molecule has 2 aliphatic rings. The highest BCUT2D eigenvalue weighted by molar-refractivity contribution is 5.91. The number of rotatable bonds is 10. The lowest BCUT2D eigenvalue weighted by atomic mass is 10.1. The number of piperidine rings is 1. The molecular weight excluding hydrogens is 446 g/mol. The Hall–Kier alpha value is -3.26. The van der Waals surface area contributed by atoms with Crippen LogP contribution in [0.1, 0.15) is 39.0 Å². The molecule has 8 nitrogen and oxygen atoms in total. The molecule has 0 unspecified atom stereocenters. The van der Waals surface area contributed by atoms with E-state index < -0.39 is 0 Å². The fraction of sp³-hybridized carbons (Fsp3) is 0.481. The first-order valence-electron chi connectivity index (χ1n) is 12.4. The Balaban J connectivity index is 1.19. The number of unbranched alkanes of at least 4 members (excludes halogenated alkanes) is 1. The molecule has 2 aromatic rings. The van der Waals surface area contributed by atoms with Crippen molar-refractivity contribution >= 4 is 23.4 Å². The highest BCUT2D eigenvalue weighted by Crippen LogP contribution is 2.26. The number of nitrogens with one attached hydrogen (secondary N) is 1. The second-order valence-electron chi connectivity index (χ2n) is 9.11. The van der Waals surface area contributed by atoms with Crippen molar-refractivity contribution in [2.45, 2.75) is 51.2 Å². The molecule has 0 spiro atoms. The molecule has 188 valence electrons. The first kappa shape index (κ1) is 24.9. The van der Waals surface area contributed by atoms with Crippen LogP contribution in [-0.2, 0) is 9.53 Å². The van der Waals surface area contributed by atoms with Gasteiger partial charge in [0.05, 0.1) is 13.7 Å². The normalized spacial score (nSPS) is 18.9. The van der Waals surface area contributed by atoms with Crippen molar-refractivity contribution in [2.24, 2.45) is 0 Å². The second kappa shape index (κ2) is 11.9. The number of benzene rings is 2. The molecule has 8 heteroatoms. The van der Waals surface area contributed by atoms with E-state index in [-0.39, 0.29) is 24.2 Å². The van der Waals surface area contributed by atoms with E-state index in [1.54, 1.807) is 12.0 Å². The Morgan fingerprint density at radius 2 is 1.74 bits per heavy atom. The van der Waals surface area contributed by atoms with E-state index in [2.05, 4.69) is 17.1 Å². The summed E-state index contributed by atoms with van der Waals surface area (Å²) >= 11 is 0. The number of nitrogens with zero attached hydrogens (tertiary/aromatic N) is 2. The van der Waals surface area contributed by atoms with Gasteiger partial charge in [0.25, 0.3) is 0 Å². The van der Waals surface area contributed by atoms with E-state index in [9.17, 15) is 9.59 Å². The molecule has 0 aliphatic carbocycles. The van der Waals surface area contributed by atoms with Gasteiger partial charge in [-0.25, -0.2) is 4.79 Å². The van der Waals surface area contributed by atoms with Crippen LogP contribution in [0.3, 0.4) is 0 Å². The largest absolute Gasteiger partial charge is 0.497 e. The van der Waals surface area contributed by atoms with Crippen LogP contribution in [0.25, 0.3) is 0 Å². The molecule has 0 aromatic heterocycles. The van der Waals surface area contributed by atoms with Gasteiger partial charge in [-0.2, -0.15) is 0 Å². The van der Waals surface area contributed by atoms with Gasteiger partial charge in [-0.3, -0.25) is 14.6 Å². The minimum absolute atomic E-state index is 0.0490.